The monoisotopic (exact) mass is 412 g/mol. The third kappa shape index (κ3) is 7.82. The molecule has 0 saturated heterocycles. The van der Waals surface area contributed by atoms with E-state index >= 15 is 0 Å². The van der Waals surface area contributed by atoms with E-state index in [4.69, 9.17) is 13.7 Å². The van der Waals surface area contributed by atoms with Crippen LogP contribution in [0.4, 0.5) is 0 Å². The number of ketones is 1. The second-order valence-corrected chi connectivity index (χ2v) is 8.00. The summed E-state index contributed by atoms with van der Waals surface area (Å²) < 4.78 is 39.8. The largest absolute Gasteiger partial charge is 0.497 e. The average Bonchev–Trinajstić information content (AvgIpc) is 2.66. The van der Waals surface area contributed by atoms with Crippen molar-refractivity contribution in [2.24, 2.45) is 5.92 Å². The van der Waals surface area contributed by atoms with Crippen LogP contribution in [0.25, 0.3) is 0 Å². The predicted molar refractivity (Wildman–Crippen MR) is 104 cm³/mol. The normalized spacial score (nSPS) is 13.9. The fourth-order valence-electron chi connectivity index (χ4n) is 2.37. The molecular formula is C20H28O7S. The van der Waals surface area contributed by atoms with Crippen molar-refractivity contribution in [1.82, 2.24) is 0 Å². The van der Waals surface area contributed by atoms with E-state index in [0.29, 0.717) is 6.42 Å². The lowest BCUT2D eigenvalue weighted by molar-refractivity contribution is -0.149. The van der Waals surface area contributed by atoms with Gasteiger partial charge in [0.25, 0.3) is 10.1 Å². The summed E-state index contributed by atoms with van der Waals surface area (Å²) in [7, 11) is -2.65. The van der Waals surface area contributed by atoms with Crippen LogP contribution >= 0.6 is 0 Å². The van der Waals surface area contributed by atoms with E-state index in [2.05, 4.69) is 0 Å². The van der Waals surface area contributed by atoms with Crippen LogP contribution in [0, 0.1) is 12.8 Å². The van der Waals surface area contributed by atoms with Crippen LogP contribution in [0.3, 0.4) is 0 Å². The van der Waals surface area contributed by atoms with E-state index in [1.807, 2.05) is 13.8 Å². The predicted octanol–water partition coefficient (Wildman–Crippen LogP) is 3.17. The number of aryl methyl sites for hydroxylation is 1. The molecule has 7 nitrogen and oxygen atoms in total. The summed E-state index contributed by atoms with van der Waals surface area (Å²) in [5.74, 6) is -1.26. The maximum Gasteiger partial charge on any atom is 0.312 e. The summed E-state index contributed by atoms with van der Waals surface area (Å²) in [6, 6.07) is 6.30. The minimum atomic E-state index is -3.91. The molecule has 1 aromatic carbocycles. The lowest BCUT2D eigenvalue weighted by Gasteiger charge is -2.21. The van der Waals surface area contributed by atoms with Crippen molar-refractivity contribution in [2.75, 3.05) is 13.7 Å². The molecule has 2 atom stereocenters. The quantitative estimate of drug-likeness (QED) is 0.225. The van der Waals surface area contributed by atoms with Gasteiger partial charge in [0.15, 0.2) is 5.78 Å². The molecule has 0 aliphatic carbocycles. The van der Waals surface area contributed by atoms with Gasteiger partial charge in [0, 0.05) is 18.9 Å². The molecule has 0 N–H and O–H groups in total. The van der Waals surface area contributed by atoms with Crippen molar-refractivity contribution < 1.29 is 31.7 Å². The molecule has 0 heterocycles. The molecule has 8 heteroatoms. The van der Waals surface area contributed by atoms with Crippen LogP contribution in [-0.2, 0) is 33.4 Å². The van der Waals surface area contributed by atoms with E-state index in [1.54, 1.807) is 19.1 Å². The molecule has 0 bridgehead atoms. The number of rotatable bonds is 12. The van der Waals surface area contributed by atoms with Crippen LogP contribution in [0.15, 0.2) is 41.5 Å². The van der Waals surface area contributed by atoms with Gasteiger partial charge in [-0.2, -0.15) is 8.42 Å². The average molecular weight is 413 g/mol. The number of methoxy groups -OCH3 is 1. The van der Waals surface area contributed by atoms with Crippen LogP contribution in [0.5, 0.6) is 0 Å². The molecule has 0 amide bonds. The molecule has 0 aliphatic rings. The van der Waals surface area contributed by atoms with Crippen molar-refractivity contribution in [2.45, 2.75) is 51.0 Å². The van der Waals surface area contributed by atoms with E-state index < -0.39 is 28.1 Å². The second-order valence-electron chi connectivity index (χ2n) is 6.38. The maximum absolute atomic E-state index is 12.2. The molecule has 0 aromatic heterocycles. The Morgan fingerprint density at radius 2 is 1.82 bits per heavy atom. The zero-order valence-electron chi connectivity index (χ0n) is 16.7. The first-order chi connectivity index (χ1) is 13.2. The number of allylic oxidation sites excluding steroid dienone is 1. The minimum absolute atomic E-state index is 0.0571. The highest BCUT2D eigenvalue weighted by Crippen LogP contribution is 2.17. The van der Waals surface area contributed by atoms with Gasteiger partial charge < -0.3 is 9.47 Å². The molecule has 0 spiro atoms. The number of ether oxygens (including phenoxy) is 2. The Hall–Kier alpha value is -2.19. The van der Waals surface area contributed by atoms with Gasteiger partial charge in [0.2, 0.25) is 0 Å². The number of hydrogen-bond donors (Lipinski definition) is 0. The van der Waals surface area contributed by atoms with Crippen LogP contribution in [-0.4, -0.2) is 40.0 Å². The van der Waals surface area contributed by atoms with Gasteiger partial charge in [-0.15, -0.1) is 0 Å². The Balaban J connectivity index is 2.73. The topological polar surface area (TPSA) is 96.0 Å². The van der Waals surface area contributed by atoms with Gasteiger partial charge in [-0.05, 0) is 32.4 Å². The molecule has 0 fully saturated rings. The SMILES string of the molecule is CCCC(=O)/C=C/O[C@H](CCOS(=O)(=O)c1ccc(C)cc1)[C@H](C)C(=O)OC. The first-order valence-corrected chi connectivity index (χ1v) is 10.5. The zero-order chi connectivity index (χ0) is 21.2. The third-order valence-corrected chi connectivity index (χ3v) is 5.41. The minimum Gasteiger partial charge on any atom is -0.497 e. The summed E-state index contributed by atoms with van der Waals surface area (Å²) in [5.41, 5.74) is 0.934. The van der Waals surface area contributed by atoms with Gasteiger partial charge in [0.1, 0.15) is 6.10 Å². The van der Waals surface area contributed by atoms with E-state index in [1.165, 1.54) is 31.6 Å². The molecule has 0 aliphatic heterocycles. The van der Waals surface area contributed by atoms with Crippen molar-refractivity contribution in [1.29, 1.82) is 0 Å². The standard InChI is InChI=1S/C20H28O7S/c1-5-6-17(21)11-13-26-19(16(3)20(22)25-4)12-14-27-28(23,24)18-9-7-15(2)8-10-18/h7-11,13,16,19H,5-6,12,14H2,1-4H3/b13-11+/t16-,19+/m0/s1. The lowest BCUT2D eigenvalue weighted by atomic mass is 10.0. The van der Waals surface area contributed by atoms with Crippen LogP contribution < -0.4 is 0 Å². The smallest absolute Gasteiger partial charge is 0.312 e. The molecule has 1 rings (SSSR count). The summed E-state index contributed by atoms with van der Waals surface area (Å²) in [4.78, 5) is 23.4. The Labute approximate surface area is 166 Å². The van der Waals surface area contributed by atoms with Crippen molar-refractivity contribution in [3.8, 4) is 0 Å². The summed E-state index contributed by atoms with van der Waals surface area (Å²) in [5, 5.41) is 0. The number of carbonyl (C=O) groups is 2. The molecule has 156 valence electrons. The molecule has 28 heavy (non-hydrogen) atoms. The molecule has 1 aromatic rings. The summed E-state index contributed by atoms with van der Waals surface area (Å²) in [6.07, 6.45) is 3.06. The first-order valence-electron chi connectivity index (χ1n) is 9.10. The van der Waals surface area contributed by atoms with Crippen LogP contribution in [0.1, 0.15) is 38.7 Å². The third-order valence-electron chi connectivity index (χ3n) is 4.08. The number of carbonyl (C=O) groups excluding carboxylic acids is 2. The van der Waals surface area contributed by atoms with Gasteiger partial charge >= 0.3 is 5.97 Å². The maximum atomic E-state index is 12.2. The Morgan fingerprint density at radius 1 is 1.18 bits per heavy atom. The highest BCUT2D eigenvalue weighted by Gasteiger charge is 2.26. The van der Waals surface area contributed by atoms with Crippen LogP contribution in [0.2, 0.25) is 0 Å². The Morgan fingerprint density at radius 3 is 2.39 bits per heavy atom. The van der Waals surface area contributed by atoms with Crippen molar-refractivity contribution in [3.05, 3.63) is 42.2 Å². The highest BCUT2D eigenvalue weighted by atomic mass is 32.2. The Bertz CT molecular complexity index is 766. The molecule has 0 saturated carbocycles. The number of benzene rings is 1. The van der Waals surface area contributed by atoms with E-state index in [9.17, 15) is 18.0 Å². The lowest BCUT2D eigenvalue weighted by Crippen LogP contribution is -2.29. The number of esters is 1. The van der Waals surface area contributed by atoms with Crippen molar-refractivity contribution >= 4 is 21.9 Å². The van der Waals surface area contributed by atoms with E-state index in [-0.39, 0.29) is 23.7 Å². The van der Waals surface area contributed by atoms with Gasteiger partial charge in [-0.3, -0.25) is 13.8 Å². The van der Waals surface area contributed by atoms with E-state index in [0.717, 1.165) is 12.0 Å². The molecule has 0 radical (unpaired) electrons. The number of hydrogen-bond acceptors (Lipinski definition) is 7. The van der Waals surface area contributed by atoms with Gasteiger partial charge in [-0.25, -0.2) is 0 Å². The fraction of sp³-hybridized carbons (Fsp3) is 0.500. The second kappa shape index (κ2) is 11.6. The molecule has 0 unspecified atom stereocenters. The van der Waals surface area contributed by atoms with Gasteiger partial charge in [0.05, 0.1) is 30.8 Å². The highest BCUT2D eigenvalue weighted by molar-refractivity contribution is 7.86. The van der Waals surface area contributed by atoms with Crippen molar-refractivity contribution in [3.63, 3.8) is 0 Å². The Kier molecular flexibility index (Phi) is 9.89. The first kappa shape index (κ1) is 23.8. The summed E-state index contributed by atoms with van der Waals surface area (Å²) >= 11 is 0. The fourth-order valence-corrected chi connectivity index (χ4v) is 3.29. The zero-order valence-corrected chi connectivity index (χ0v) is 17.5. The summed E-state index contributed by atoms with van der Waals surface area (Å²) in [6.45, 7) is 5.17. The van der Waals surface area contributed by atoms with Gasteiger partial charge in [-0.1, -0.05) is 24.6 Å². The molecular weight excluding hydrogens is 384 g/mol.